The van der Waals surface area contributed by atoms with Crippen LogP contribution in [0.5, 0.6) is 5.75 Å². The number of carbonyl (C=O) groups is 1. The normalized spacial score (nSPS) is 10.5. The molecule has 0 bridgehead atoms. The van der Waals surface area contributed by atoms with Gasteiger partial charge in [-0.15, -0.1) is 0 Å². The average molecular weight is 228 g/mol. The van der Waals surface area contributed by atoms with Crippen LogP contribution in [0.1, 0.15) is 18.9 Å². The SMILES string of the molecule is CCC(=O)Cc1cccc2ccc(OC)cc12. The van der Waals surface area contributed by atoms with Gasteiger partial charge in [0.2, 0.25) is 0 Å². The monoisotopic (exact) mass is 228 g/mol. The van der Waals surface area contributed by atoms with Crippen LogP contribution in [0, 0.1) is 0 Å². The van der Waals surface area contributed by atoms with E-state index in [1.54, 1.807) is 7.11 Å². The second-order valence-electron chi connectivity index (χ2n) is 4.07. The van der Waals surface area contributed by atoms with E-state index in [-0.39, 0.29) is 5.78 Å². The molecule has 0 aliphatic rings. The van der Waals surface area contributed by atoms with E-state index in [1.165, 1.54) is 0 Å². The number of hydrogen-bond acceptors (Lipinski definition) is 2. The third-order valence-electron chi connectivity index (χ3n) is 2.96. The standard InChI is InChI=1S/C15H16O2/c1-3-13(16)9-12-6-4-5-11-7-8-14(17-2)10-15(11)12/h4-8,10H,3,9H2,1-2H3. The van der Waals surface area contributed by atoms with Crippen molar-refractivity contribution in [3.63, 3.8) is 0 Å². The van der Waals surface area contributed by atoms with E-state index < -0.39 is 0 Å². The minimum Gasteiger partial charge on any atom is -0.497 e. The Labute approximate surface area is 101 Å². The zero-order valence-electron chi connectivity index (χ0n) is 10.2. The van der Waals surface area contributed by atoms with Crippen LogP contribution >= 0.6 is 0 Å². The van der Waals surface area contributed by atoms with Gasteiger partial charge >= 0.3 is 0 Å². The number of rotatable bonds is 4. The lowest BCUT2D eigenvalue weighted by molar-refractivity contribution is -0.118. The molecule has 2 aromatic rings. The van der Waals surface area contributed by atoms with Gasteiger partial charge in [0.05, 0.1) is 7.11 Å². The van der Waals surface area contributed by atoms with Gasteiger partial charge in [-0.1, -0.05) is 31.2 Å². The molecule has 2 rings (SSSR count). The van der Waals surface area contributed by atoms with Crippen molar-refractivity contribution in [1.29, 1.82) is 0 Å². The largest absolute Gasteiger partial charge is 0.497 e. The van der Waals surface area contributed by atoms with Gasteiger partial charge in [0.1, 0.15) is 11.5 Å². The van der Waals surface area contributed by atoms with Crippen LogP contribution in [0.15, 0.2) is 36.4 Å². The maximum Gasteiger partial charge on any atom is 0.137 e. The topological polar surface area (TPSA) is 26.3 Å². The second kappa shape index (κ2) is 5.00. The summed E-state index contributed by atoms with van der Waals surface area (Å²) >= 11 is 0. The zero-order valence-corrected chi connectivity index (χ0v) is 10.2. The van der Waals surface area contributed by atoms with Gasteiger partial charge < -0.3 is 4.74 Å². The van der Waals surface area contributed by atoms with Crippen LogP contribution in [0.3, 0.4) is 0 Å². The van der Waals surface area contributed by atoms with Crippen LogP contribution in [-0.2, 0) is 11.2 Å². The van der Waals surface area contributed by atoms with Gasteiger partial charge in [-0.05, 0) is 28.5 Å². The van der Waals surface area contributed by atoms with Gasteiger partial charge in [-0.3, -0.25) is 4.79 Å². The molecule has 0 fully saturated rings. The molecular weight excluding hydrogens is 212 g/mol. The molecule has 0 spiro atoms. The van der Waals surface area contributed by atoms with E-state index in [0.29, 0.717) is 12.8 Å². The summed E-state index contributed by atoms with van der Waals surface area (Å²) in [7, 11) is 1.65. The molecule has 0 amide bonds. The highest BCUT2D eigenvalue weighted by Gasteiger charge is 2.06. The lowest BCUT2D eigenvalue weighted by Crippen LogP contribution is -2.00. The summed E-state index contributed by atoms with van der Waals surface area (Å²) in [6.45, 7) is 1.90. The highest BCUT2D eigenvalue weighted by Crippen LogP contribution is 2.24. The molecule has 0 unspecified atom stereocenters. The molecule has 0 radical (unpaired) electrons. The van der Waals surface area contributed by atoms with Crippen molar-refractivity contribution in [2.24, 2.45) is 0 Å². The lowest BCUT2D eigenvalue weighted by Gasteiger charge is -2.07. The zero-order chi connectivity index (χ0) is 12.3. The summed E-state index contributed by atoms with van der Waals surface area (Å²) in [4.78, 5) is 11.5. The van der Waals surface area contributed by atoms with Crippen molar-refractivity contribution in [2.75, 3.05) is 7.11 Å². The highest BCUT2D eigenvalue weighted by atomic mass is 16.5. The summed E-state index contributed by atoms with van der Waals surface area (Å²) < 4.78 is 5.22. The molecule has 0 heterocycles. The van der Waals surface area contributed by atoms with Crippen molar-refractivity contribution in [1.82, 2.24) is 0 Å². The minimum atomic E-state index is 0.264. The molecular formula is C15H16O2. The second-order valence-corrected chi connectivity index (χ2v) is 4.07. The van der Waals surface area contributed by atoms with Gasteiger partial charge in [-0.2, -0.15) is 0 Å². The maximum absolute atomic E-state index is 11.5. The Morgan fingerprint density at radius 1 is 1.24 bits per heavy atom. The Kier molecular flexibility index (Phi) is 3.43. The quantitative estimate of drug-likeness (QED) is 0.802. The molecule has 2 aromatic carbocycles. The van der Waals surface area contributed by atoms with Crippen molar-refractivity contribution < 1.29 is 9.53 Å². The van der Waals surface area contributed by atoms with Gasteiger partial charge in [-0.25, -0.2) is 0 Å². The van der Waals surface area contributed by atoms with Crippen LogP contribution < -0.4 is 4.74 Å². The predicted octanol–water partition coefficient (Wildman–Crippen LogP) is 3.37. The fourth-order valence-corrected chi connectivity index (χ4v) is 1.94. The van der Waals surface area contributed by atoms with Crippen molar-refractivity contribution in [3.8, 4) is 5.75 Å². The molecule has 0 aliphatic heterocycles. The molecule has 0 aliphatic carbocycles. The molecule has 17 heavy (non-hydrogen) atoms. The maximum atomic E-state index is 11.5. The fourth-order valence-electron chi connectivity index (χ4n) is 1.94. The summed E-state index contributed by atoms with van der Waals surface area (Å²) in [6, 6.07) is 12.0. The number of benzene rings is 2. The third kappa shape index (κ3) is 2.47. The van der Waals surface area contributed by atoms with E-state index in [4.69, 9.17) is 4.74 Å². The number of ether oxygens (including phenoxy) is 1. The van der Waals surface area contributed by atoms with Crippen LogP contribution in [0.2, 0.25) is 0 Å². The molecule has 2 heteroatoms. The third-order valence-corrected chi connectivity index (χ3v) is 2.96. The number of carbonyl (C=O) groups excluding carboxylic acids is 1. The van der Waals surface area contributed by atoms with Crippen LogP contribution in [-0.4, -0.2) is 12.9 Å². The molecule has 88 valence electrons. The first-order valence-electron chi connectivity index (χ1n) is 5.82. The highest BCUT2D eigenvalue weighted by molar-refractivity contribution is 5.91. The van der Waals surface area contributed by atoms with Gasteiger partial charge in [0.15, 0.2) is 0 Å². The van der Waals surface area contributed by atoms with Gasteiger partial charge in [0.25, 0.3) is 0 Å². The van der Waals surface area contributed by atoms with E-state index in [1.807, 2.05) is 37.3 Å². The molecule has 2 nitrogen and oxygen atoms in total. The Morgan fingerprint density at radius 2 is 2.06 bits per heavy atom. The molecule has 0 saturated heterocycles. The summed E-state index contributed by atoms with van der Waals surface area (Å²) in [6.07, 6.45) is 1.08. The number of ketones is 1. The van der Waals surface area contributed by atoms with E-state index >= 15 is 0 Å². The number of methoxy groups -OCH3 is 1. The molecule has 0 N–H and O–H groups in total. The van der Waals surface area contributed by atoms with E-state index in [9.17, 15) is 4.79 Å². The smallest absolute Gasteiger partial charge is 0.137 e. The number of hydrogen-bond donors (Lipinski definition) is 0. The molecule has 0 saturated carbocycles. The minimum absolute atomic E-state index is 0.264. The first kappa shape index (κ1) is 11.6. The van der Waals surface area contributed by atoms with Crippen LogP contribution in [0.25, 0.3) is 10.8 Å². The molecule has 0 aromatic heterocycles. The number of fused-ring (bicyclic) bond motifs is 1. The van der Waals surface area contributed by atoms with E-state index in [2.05, 4.69) is 6.07 Å². The lowest BCUT2D eigenvalue weighted by atomic mass is 9.99. The number of Topliss-reactive ketones (excluding diaryl/α,β-unsaturated/α-hetero) is 1. The Balaban J connectivity index is 2.50. The van der Waals surface area contributed by atoms with Crippen LogP contribution in [0.4, 0.5) is 0 Å². The Bertz CT molecular complexity index is 544. The summed E-state index contributed by atoms with van der Waals surface area (Å²) in [5, 5.41) is 2.25. The summed E-state index contributed by atoms with van der Waals surface area (Å²) in [5.74, 6) is 1.09. The van der Waals surface area contributed by atoms with Crippen molar-refractivity contribution in [3.05, 3.63) is 42.0 Å². The Hall–Kier alpha value is -1.83. The van der Waals surface area contributed by atoms with Gasteiger partial charge in [0, 0.05) is 12.8 Å². The average Bonchev–Trinajstić information content (AvgIpc) is 2.38. The van der Waals surface area contributed by atoms with Crippen molar-refractivity contribution >= 4 is 16.6 Å². The first-order valence-corrected chi connectivity index (χ1v) is 5.82. The predicted molar refractivity (Wildman–Crippen MR) is 69.5 cm³/mol. The fraction of sp³-hybridized carbons (Fsp3) is 0.267. The first-order chi connectivity index (χ1) is 8.24. The summed E-state index contributed by atoms with van der Waals surface area (Å²) in [5.41, 5.74) is 1.08. The molecule has 0 atom stereocenters. The Morgan fingerprint density at radius 3 is 2.76 bits per heavy atom. The van der Waals surface area contributed by atoms with Crippen molar-refractivity contribution in [2.45, 2.75) is 19.8 Å². The van der Waals surface area contributed by atoms with E-state index in [0.717, 1.165) is 22.1 Å².